The van der Waals surface area contributed by atoms with Gasteiger partial charge in [-0.3, -0.25) is 0 Å². The third kappa shape index (κ3) is 7.52. The molecular weight excluding hydrogens is 616 g/mol. The lowest BCUT2D eigenvalue weighted by atomic mass is 9.68. The number of benzene rings is 2. The van der Waals surface area contributed by atoms with E-state index in [4.69, 9.17) is 26.2 Å². The largest absolute Gasteiger partial charge is 0.490 e. The summed E-state index contributed by atoms with van der Waals surface area (Å²) in [6.07, 6.45) is 8.49. The summed E-state index contributed by atoms with van der Waals surface area (Å²) in [5, 5.41) is 26.5. The van der Waals surface area contributed by atoms with Gasteiger partial charge in [0.2, 0.25) is 10.0 Å². The molecule has 2 aromatic carbocycles. The van der Waals surface area contributed by atoms with Crippen LogP contribution in [-0.2, 0) is 26.6 Å². The molecule has 2 aromatic rings. The highest BCUT2D eigenvalue weighted by atomic mass is 35.5. The standard InChI is InChI=1S/C34H45ClN2O7S/c1-22(32(14-16-43-2)45(36,41)42)5-3-7-30(38)27-11-8-25(27)19-37-20-34(15-4-6-23-17-26(35)10-12-28(23)34)21-44-31-13-9-24(33(39)40)18-29(31)37/h3,7,9-10,12-13,17-18,22,25,27,30,32,38H,4-6,8,11,14-16,19-21H2,1-2H3,(H,39,40)(H2,36,41,42)/b7-3+/t22-,25-,27+,30-,32-,34-/m0/s1. The molecule has 6 atom stereocenters. The van der Waals surface area contributed by atoms with Crippen LogP contribution in [0.25, 0.3) is 0 Å². The Hall–Kier alpha value is -2.63. The topological polar surface area (TPSA) is 139 Å². The first-order valence-corrected chi connectivity index (χ1v) is 17.8. The van der Waals surface area contributed by atoms with Crippen LogP contribution in [0, 0.1) is 17.8 Å². The van der Waals surface area contributed by atoms with Crippen molar-refractivity contribution in [1.29, 1.82) is 0 Å². The van der Waals surface area contributed by atoms with E-state index >= 15 is 0 Å². The van der Waals surface area contributed by atoms with E-state index in [0.717, 1.165) is 42.8 Å². The van der Waals surface area contributed by atoms with Crippen LogP contribution in [0.3, 0.4) is 0 Å². The smallest absolute Gasteiger partial charge is 0.335 e. The molecule has 0 saturated heterocycles. The maximum atomic E-state index is 12.1. The summed E-state index contributed by atoms with van der Waals surface area (Å²) in [6.45, 7) is 3.96. The van der Waals surface area contributed by atoms with E-state index in [-0.39, 0.29) is 28.7 Å². The molecule has 4 N–H and O–H groups in total. The lowest BCUT2D eigenvalue weighted by Crippen LogP contribution is -2.49. The second kappa shape index (κ2) is 14.0. The Labute approximate surface area is 271 Å². The van der Waals surface area contributed by atoms with Crippen LogP contribution in [0.4, 0.5) is 5.69 Å². The Morgan fingerprint density at radius 2 is 2.07 bits per heavy atom. The van der Waals surface area contributed by atoms with Crippen molar-refractivity contribution in [2.75, 3.05) is 38.3 Å². The zero-order valence-electron chi connectivity index (χ0n) is 26.0. The Balaban J connectivity index is 1.35. The van der Waals surface area contributed by atoms with E-state index in [1.807, 2.05) is 19.1 Å². The number of primary sulfonamides is 1. The summed E-state index contributed by atoms with van der Waals surface area (Å²) in [5.74, 6) is -0.329. The van der Waals surface area contributed by atoms with Crippen molar-refractivity contribution in [2.45, 2.75) is 68.6 Å². The highest BCUT2D eigenvalue weighted by molar-refractivity contribution is 7.89. The number of carboxylic acid groups (broad SMARTS) is 1. The molecule has 3 aliphatic rings. The number of carboxylic acids is 1. The molecule has 2 aliphatic carbocycles. The summed E-state index contributed by atoms with van der Waals surface area (Å²) in [5.41, 5.74) is 3.16. The van der Waals surface area contributed by atoms with Crippen molar-refractivity contribution in [1.82, 2.24) is 0 Å². The van der Waals surface area contributed by atoms with Gasteiger partial charge in [0.15, 0.2) is 0 Å². The van der Waals surface area contributed by atoms with E-state index in [9.17, 15) is 23.4 Å². The van der Waals surface area contributed by atoms with Crippen molar-refractivity contribution >= 4 is 33.3 Å². The minimum Gasteiger partial charge on any atom is -0.490 e. The van der Waals surface area contributed by atoms with E-state index in [1.54, 1.807) is 24.3 Å². The molecule has 1 spiro atoms. The second-order valence-electron chi connectivity index (χ2n) is 13.1. The average Bonchev–Trinajstić information content (AvgIpc) is 3.11. The van der Waals surface area contributed by atoms with Crippen LogP contribution in [0.5, 0.6) is 5.75 Å². The van der Waals surface area contributed by atoms with Gasteiger partial charge in [-0.1, -0.05) is 36.7 Å². The number of anilines is 1. The summed E-state index contributed by atoms with van der Waals surface area (Å²) < 4.78 is 35.8. The Kier molecular flexibility index (Phi) is 10.5. The van der Waals surface area contributed by atoms with Crippen LogP contribution in [0.2, 0.25) is 5.02 Å². The number of aliphatic hydroxyl groups excluding tert-OH is 1. The first-order chi connectivity index (χ1) is 21.4. The van der Waals surface area contributed by atoms with Gasteiger partial charge in [-0.05, 0) is 104 Å². The molecule has 1 fully saturated rings. The predicted octanol–water partition coefficient (Wildman–Crippen LogP) is 5.17. The molecule has 1 heterocycles. The first kappa shape index (κ1) is 33.7. The lowest BCUT2D eigenvalue weighted by Gasteiger charge is -2.45. The van der Waals surface area contributed by atoms with Crippen molar-refractivity contribution in [2.24, 2.45) is 22.9 Å². The van der Waals surface area contributed by atoms with Gasteiger partial charge in [0, 0.05) is 37.2 Å². The molecule has 1 aliphatic heterocycles. The number of rotatable bonds is 12. The zero-order chi connectivity index (χ0) is 32.4. The summed E-state index contributed by atoms with van der Waals surface area (Å²) in [7, 11) is -2.20. The van der Waals surface area contributed by atoms with Gasteiger partial charge in [-0.2, -0.15) is 0 Å². The highest BCUT2D eigenvalue weighted by Gasteiger charge is 2.44. The summed E-state index contributed by atoms with van der Waals surface area (Å²) in [4.78, 5) is 14.2. The van der Waals surface area contributed by atoms with Crippen molar-refractivity contribution in [3.63, 3.8) is 0 Å². The number of ether oxygens (including phenoxy) is 2. The normalized spacial score (nSPS) is 25.0. The fourth-order valence-electron chi connectivity index (χ4n) is 7.54. The number of nitrogens with zero attached hydrogens (tertiary/aromatic N) is 1. The fourth-order valence-corrected chi connectivity index (χ4v) is 8.91. The van der Waals surface area contributed by atoms with Gasteiger partial charge in [0.05, 0.1) is 29.2 Å². The number of aromatic carboxylic acids is 1. The SMILES string of the molecule is COCC[C@@H]([C@@H](C)C/C=C/[C@H](O)[C@@H]1CC[C@H]1CN1C[C@@]2(CCCc3cc(Cl)ccc32)COc2ccc(C(=O)O)cc21)S(N)(=O)=O. The maximum absolute atomic E-state index is 12.1. The molecule has 0 amide bonds. The van der Waals surface area contributed by atoms with Crippen LogP contribution in [-0.4, -0.2) is 69.4 Å². The molecule has 246 valence electrons. The number of hydrogen-bond acceptors (Lipinski definition) is 7. The van der Waals surface area contributed by atoms with Crippen LogP contribution in [0.1, 0.15) is 66.9 Å². The Bertz CT molecular complexity index is 1520. The molecular formula is C34H45ClN2O7S. The van der Waals surface area contributed by atoms with E-state index in [2.05, 4.69) is 17.0 Å². The molecule has 0 radical (unpaired) electrons. The quantitative estimate of drug-likeness (QED) is 0.265. The maximum Gasteiger partial charge on any atom is 0.335 e. The van der Waals surface area contributed by atoms with Crippen molar-refractivity contribution in [3.8, 4) is 5.75 Å². The molecule has 5 rings (SSSR count). The first-order valence-electron chi connectivity index (χ1n) is 15.8. The highest BCUT2D eigenvalue weighted by Crippen LogP contribution is 2.46. The summed E-state index contributed by atoms with van der Waals surface area (Å²) in [6, 6.07) is 11.2. The van der Waals surface area contributed by atoms with Crippen LogP contribution >= 0.6 is 11.6 Å². The number of aliphatic hydroxyl groups is 1. The molecule has 11 heteroatoms. The number of hydrogen-bond donors (Lipinski definition) is 3. The minimum atomic E-state index is -3.73. The number of methoxy groups -OCH3 is 1. The van der Waals surface area contributed by atoms with Crippen LogP contribution in [0.15, 0.2) is 48.6 Å². The number of carbonyl (C=O) groups is 1. The van der Waals surface area contributed by atoms with Gasteiger partial charge >= 0.3 is 5.97 Å². The number of fused-ring (bicyclic) bond motifs is 3. The predicted molar refractivity (Wildman–Crippen MR) is 176 cm³/mol. The van der Waals surface area contributed by atoms with E-state index < -0.39 is 27.3 Å². The number of allylic oxidation sites excluding steroid dienone is 1. The van der Waals surface area contributed by atoms with Gasteiger partial charge < -0.3 is 24.6 Å². The number of sulfonamides is 1. The van der Waals surface area contributed by atoms with E-state index in [1.165, 1.54) is 18.2 Å². The van der Waals surface area contributed by atoms with Crippen molar-refractivity contribution < 1.29 is 32.9 Å². The molecule has 0 bridgehead atoms. The van der Waals surface area contributed by atoms with Gasteiger partial charge in [-0.15, -0.1) is 0 Å². The van der Waals surface area contributed by atoms with Gasteiger partial charge in [-0.25, -0.2) is 18.4 Å². The number of nitrogens with two attached hydrogens (primary N) is 1. The number of aryl methyl sites for hydroxylation is 1. The van der Waals surface area contributed by atoms with Crippen molar-refractivity contribution in [3.05, 3.63) is 70.3 Å². The van der Waals surface area contributed by atoms with Gasteiger partial charge in [0.1, 0.15) is 5.75 Å². The minimum absolute atomic E-state index is 0.0303. The third-order valence-electron chi connectivity index (χ3n) is 10.2. The lowest BCUT2D eigenvalue weighted by molar-refractivity contribution is 0.0455. The van der Waals surface area contributed by atoms with Gasteiger partial charge in [0.25, 0.3) is 0 Å². The number of halogens is 1. The Morgan fingerprint density at radius 1 is 1.27 bits per heavy atom. The zero-order valence-corrected chi connectivity index (χ0v) is 27.6. The molecule has 45 heavy (non-hydrogen) atoms. The van der Waals surface area contributed by atoms with E-state index in [0.29, 0.717) is 44.9 Å². The third-order valence-corrected chi connectivity index (χ3v) is 11.9. The molecule has 0 aromatic heterocycles. The summed E-state index contributed by atoms with van der Waals surface area (Å²) >= 11 is 6.37. The molecule has 1 saturated carbocycles. The monoisotopic (exact) mass is 660 g/mol. The Morgan fingerprint density at radius 3 is 2.76 bits per heavy atom. The molecule has 9 nitrogen and oxygen atoms in total. The fraction of sp³-hybridized carbons (Fsp3) is 0.559. The average molecular weight is 661 g/mol. The van der Waals surface area contributed by atoms with Crippen LogP contribution < -0.4 is 14.8 Å². The second-order valence-corrected chi connectivity index (χ2v) is 15.4. The molecule has 0 unspecified atom stereocenters.